The van der Waals surface area contributed by atoms with Crippen LogP contribution in [0.1, 0.15) is 252 Å². The Balaban J connectivity index is 1.30. The molecule has 25 heteroatoms. The Bertz CT molecular complexity index is 1970. The highest BCUT2D eigenvalue weighted by atomic mass is 16.8. The van der Waals surface area contributed by atoms with Gasteiger partial charge >= 0.3 is 0 Å². The summed E-state index contributed by atoms with van der Waals surface area (Å²) in [5, 5.41) is 147. The molecular formula is C70H130N2O23. The van der Waals surface area contributed by atoms with E-state index in [-0.39, 0.29) is 12.3 Å². The number of amides is 2. The van der Waals surface area contributed by atoms with E-state index in [2.05, 4.69) is 24.5 Å². The normalized spacial score (nSPS) is 32.0. The number of allylic oxidation sites excluding steroid dienone is 1. The number of carbonyl (C=O) groups is 2. The summed E-state index contributed by atoms with van der Waals surface area (Å²) in [4.78, 5) is 26.0. The molecule has 4 aliphatic heterocycles. The molecule has 2 amide bonds. The number of ether oxygens (including phenoxy) is 8. The molecule has 4 heterocycles. The van der Waals surface area contributed by atoms with Crippen LogP contribution in [-0.4, -0.2) is 246 Å². The molecule has 0 saturated carbocycles. The Hall–Kier alpha value is -2.16. The minimum absolute atomic E-state index is 0.214. The van der Waals surface area contributed by atoms with Gasteiger partial charge in [0.05, 0.1) is 45.2 Å². The zero-order chi connectivity index (χ0) is 69.3. The molecule has 0 aromatic rings. The van der Waals surface area contributed by atoms with Crippen LogP contribution in [0.3, 0.4) is 0 Å². The second kappa shape index (κ2) is 50.2. The van der Waals surface area contributed by atoms with Gasteiger partial charge in [0.2, 0.25) is 11.8 Å². The van der Waals surface area contributed by atoms with Gasteiger partial charge in [0.15, 0.2) is 25.2 Å². The van der Waals surface area contributed by atoms with E-state index in [0.29, 0.717) is 12.8 Å². The van der Waals surface area contributed by atoms with Gasteiger partial charge < -0.3 is 115 Å². The summed E-state index contributed by atoms with van der Waals surface area (Å²) in [6.07, 6.45) is 11.3. The number of hydrogen-bond acceptors (Lipinski definition) is 23. The third-order valence-corrected chi connectivity index (χ3v) is 19.1. The highest BCUT2D eigenvalue weighted by molar-refractivity contribution is 5.76. The second-order valence-electron chi connectivity index (χ2n) is 27.1. The van der Waals surface area contributed by atoms with Crippen LogP contribution in [0.2, 0.25) is 0 Å². The van der Waals surface area contributed by atoms with Crippen LogP contribution in [0.25, 0.3) is 0 Å². The second-order valence-corrected chi connectivity index (χ2v) is 27.1. The van der Waals surface area contributed by atoms with Crippen LogP contribution < -0.4 is 10.6 Å². The van der Waals surface area contributed by atoms with E-state index in [1.54, 1.807) is 6.08 Å². The van der Waals surface area contributed by atoms with E-state index in [4.69, 9.17) is 37.9 Å². The van der Waals surface area contributed by atoms with Crippen molar-refractivity contribution in [2.24, 2.45) is 0 Å². The van der Waals surface area contributed by atoms with Crippen molar-refractivity contribution in [1.82, 2.24) is 10.6 Å². The van der Waals surface area contributed by atoms with Crippen molar-refractivity contribution in [2.45, 2.75) is 387 Å². The van der Waals surface area contributed by atoms with Crippen LogP contribution in [0, 0.1) is 0 Å². The van der Waals surface area contributed by atoms with Gasteiger partial charge in [0.1, 0.15) is 97.6 Å². The molecule has 8 unspecified atom stereocenters. The summed E-state index contributed by atoms with van der Waals surface area (Å²) in [5.41, 5.74) is 0. The fourth-order valence-electron chi connectivity index (χ4n) is 13.1. The van der Waals surface area contributed by atoms with Crippen molar-refractivity contribution in [2.75, 3.05) is 33.0 Å². The molecule has 558 valence electrons. The van der Waals surface area contributed by atoms with E-state index < -0.39 is 174 Å². The largest absolute Gasteiger partial charge is 0.394 e. The zero-order valence-corrected chi connectivity index (χ0v) is 57.7. The summed E-state index contributed by atoms with van der Waals surface area (Å²) in [7, 11) is 0. The van der Waals surface area contributed by atoms with Gasteiger partial charge in [-0.2, -0.15) is 0 Å². The number of aliphatic hydroxyl groups excluding tert-OH is 13. The Kier molecular flexibility index (Phi) is 45.1. The van der Waals surface area contributed by atoms with Crippen LogP contribution in [0.15, 0.2) is 12.2 Å². The van der Waals surface area contributed by atoms with Gasteiger partial charge in [-0.25, -0.2) is 0 Å². The summed E-state index contributed by atoms with van der Waals surface area (Å²) in [5.74, 6) is -1.07. The van der Waals surface area contributed by atoms with Crippen LogP contribution in [0.4, 0.5) is 0 Å². The predicted octanol–water partition coefficient (Wildman–Crippen LogP) is 4.90. The minimum atomic E-state index is -2.09. The topological polar surface area (TPSA) is 395 Å². The summed E-state index contributed by atoms with van der Waals surface area (Å²) >= 11 is 0. The third-order valence-electron chi connectivity index (χ3n) is 19.1. The molecule has 4 rings (SSSR count). The molecule has 0 aliphatic carbocycles. The molecule has 4 saturated heterocycles. The number of nitrogens with one attached hydrogen (secondary N) is 2. The van der Waals surface area contributed by atoms with E-state index in [1.807, 2.05) is 6.08 Å². The lowest BCUT2D eigenvalue weighted by Gasteiger charge is -2.50. The highest BCUT2D eigenvalue weighted by Gasteiger charge is 2.56. The molecule has 4 fully saturated rings. The number of hydrogen-bond donors (Lipinski definition) is 15. The Morgan fingerprint density at radius 3 is 1.22 bits per heavy atom. The van der Waals surface area contributed by atoms with Crippen molar-refractivity contribution in [3.63, 3.8) is 0 Å². The van der Waals surface area contributed by atoms with Gasteiger partial charge in [0.25, 0.3) is 0 Å². The van der Waals surface area contributed by atoms with Crippen molar-refractivity contribution in [3.8, 4) is 0 Å². The molecular weight excluding hydrogens is 1240 g/mol. The molecule has 0 spiro atoms. The first-order chi connectivity index (χ1) is 46.0. The number of carbonyl (C=O) groups excluding carboxylic acids is 2. The maximum absolute atomic E-state index is 13.5. The Morgan fingerprint density at radius 2 is 0.779 bits per heavy atom. The molecule has 0 radical (unpaired) electrons. The monoisotopic (exact) mass is 1370 g/mol. The molecule has 0 aromatic heterocycles. The molecule has 22 atom stereocenters. The van der Waals surface area contributed by atoms with Gasteiger partial charge in [-0.1, -0.05) is 231 Å². The molecule has 4 aliphatic rings. The zero-order valence-electron chi connectivity index (χ0n) is 57.7. The fourth-order valence-corrected chi connectivity index (χ4v) is 13.1. The van der Waals surface area contributed by atoms with Crippen molar-refractivity contribution in [3.05, 3.63) is 12.2 Å². The molecule has 0 bridgehead atoms. The van der Waals surface area contributed by atoms with Gasteiger partial charge in [-0.3, -0.25) is 9.59 Å². The summed E-state index contributed by atoms with van der Waals surface area (Å²) < 4.78 is 46.7. The average Bonchev–Trinajstić information content (AvgIpc) is 0.779. The Morgan fingerprint density at radius 1 is 0.411 bits per heavy atom. The van der Waals surface area contributed by atoms with Crippen molar-refractivity contribution >= 4 is 11.8 Å². The number of aliphatic hydroxyl groups is 13. The van der Waals surface area contributed by atoms with Crippen molar-refractivity contribution in [1.29, 1.82) is 0 Å². The highest BCUT2D eigenvalue weighted by Crippen LogP contribution is 2.35. The third kappa shape index (κ3) is 30.9. The van der Waals surface area contributed by atoms with E-state index in [9.17, 15) is 76.0 Å². The molecule has 25 nitrogen and oxygen atoms in total. The van der Waals surface area contributed by atoms with E-state index >= 15 is 0 Å². The minimum Gasteiger partial charge on any atom is -0.394 e. The lowest BCUT2D eigenvalue weighted by atomic mass is 9.94. The standard InChI is InChI=1S/C70H130N2O23/c1-4-6-8-10-12-14-16-18-19-20-21-22-23-24-25-26-27-29-31-33-35-37-39-41-54(79)72-48(49(78)40-38-36-34-32-30-28-17-15-13-11-9-7-5-2)46-88-68-62(86)60(84)65(53(45-76)92-68)94-70-63(87)66(57(81)51(43-74)90-70)95-67-55(71-47(3)77)58(82)64(52(44-75)91-67)93-69-61(85)59(83)56(80)50(42-73)89-69/h38,40,48-53,55-70,73-76,78,80-87H,4-37,39,41-46H2,1-3H3,(H,71,77)(H,72,79)/b40-38+/t48-,49+,50?,51?,52?,53?,55?,56-,57-,58+,59-,60+,61?,62?,63?,64-,65+,66-,67-,68+,69-,70-/m0/s1. The lowest BCUT2D eigenvalue weighted by Crippen LogP contribution is -2.69. The maximum atomic E-state index is 13.5. The first kappa shape index (κ1) is 85.3. The van der Waals surface area contributed by atoms with Crippen LogP contribution >= 0.6 is 0 Å². The summed E-state index contributed by atoms with van der Waals surface area (Å²) in [6, 6.07) is -2.68. The first-order valence-electron chi connectivity index (χ1n) is 36.9. The number of rotatable bonds is 53. The predicted molar refractivity (Wildman–Crippen MR) is 354 cm³/mol. The average molecular weight is 1370 g/mol. The van der Waals surface area contributed by atoms with Gasteiger partial charge in [-0.15, -0.1) is 0 Å². The van der Waals surface area contributed by atoms with Crippen molar-refractivity contribution < 1.29 is 114 Å². The van der Waals surface area contributed by atoms with E-state index in [1.165, 1.54) is 167 Å². The van der Waals surface area contributed by atoms with Crippen LogP contribution in [-0.2, 0) is 47.5 Å². The number of unbranched alkanes of at least 4 members (excludes halogenated alkanes) is 33. The fraction of sp³-hybridized carbons (Fsp3) is 0.943. The summed E-state index contributed by atoms with van der Waals surface area (Å²) in [6.45, 7) is 1.62. The SMILES string of the molecule is CCCCCCCCCCCCC/C=C/[C@@H](O)[C@H](CO[C@@H]1OC(CO)[C@@H](O[C@@H]2OC(CO)[C@H](O)[C@H](O[C@@H]3OC(CO)[C@H](O[C@@H]4OC(CO)[C@H](O)[C@H](O)C4O)[C@H](O)C3NC(C)=O)C2O)[C@H](O)C1O)NC(=O)CCCCCCCCCCCCCCCCCCCCCCCCC. The maximum Gasteiger partial charge on any atom is 0.220 e. The van der Waals surface area contributed by atoms with E-state index in [0.717, 1.165) is 51.9 Å². The smallest absolute Gasteiger partial charge is 0.220 e. The quantitative estimate of drug-likeness (QED) is 0.0284. The molecule has 15 N–H and O–H groups in total. The van der Waals surface area contributed by atoms with Crippen LogP contribution in [0.5, 0.6) is 0 Å². The molecule has 0 aromatic carbocycles. The first-order valence-corrected chi connectivity index (χ1v) is 36.9. The van der Waals surface area contributed by atoms with Gasteiger partial charge in [-0.05, 0) is 19.3 Å². The Labute approximate surface area is 566 Å². The van der Waals surface area contributed by atoms with Gasteiger partial charge in [0, 0.05) is 13.3 Å². The lowest BCUT2D eigenvalue weighted by molar-refractivity contribution is -0.381. The molecule has 95 heavy (non-hydrogen) atoms.